The molecule has 2 N–H and O–H groups in total. The molecule has 1 aromatic carbocycles. The van der Waals surface area contributed by atoms with Gasteiger partial charge in [-0.3, -0.25) is 10.1 Å². The maximum atomic E-state index is 11.5. The van der Waals surface area contributed by atoms with Gasteiger partial charge in [0.2, 0.25) is 0 Å². The number of carboxylic acid groups (broad SMARTS) is 1. The zero-order chi connectivity index (χ0) is 14.8. The Hall–Kier alpha value is -2.31. The van der Waals surface area contributed by atoms with E-state index in [1.54, 1.807) is 6.07 Å². The van der Waals surface area contributed by atoms with Crippen LogP contribution in [0.1, 0.15) is 25.7 Å². The van der Waals surface area contributed by atoms with Gasteiger partial charge in [-0.15, -0.1) is 0 Å². The van der Waals surface area contributed by atoms with Gasteiger partial charge in [0, 0.05) is 17.8 Å². The highest BCUT2D eigenvalue weighted by molar-refractivity contribution is 5.83. The molecule has 1 fully saturated rings. The highest BCUT2D eigenvalue weighted by Gasteiger charge is 2.41. The molecule has 0 bridgehead atoms. The van der Waals surface area contributed by atoms with Crippen LogP contribution in [0.15, 0.2) is 18.2 Å². The lowest BCUT2D eigenvalue weighted by Crippen LogP contribution is -2.43. The molecule has 0 heterocycles. The van der Waals surface area contributed by atoms with E-state index < -0.39 is 16.4 Å². The van der Waals surface area contributed by atoms with Crippen molar-refractivity contribution >= 4 is 17.3 Å². The quantitative estimate of drug-likeness (QED) is 0.634. The number of ether oxygens (including phenoxy) is 1. The molecule has 0 atom stereocenters. The molecule has 20 heavy (non-hydrogen) atoms. The Kier molecular flexibility index (Phi) is 3.78. The molecule has 1 saturated carbocycles. The summed E-state index contributed by atoms with van der Waals surface area (Å²) in [4.78, 5) is 21.8. The Morgan fingerprint density at radius 1 is 1.40 bits per heavy atom. The Morgan fingerprint density at radius 3 is 2.55 bits per heavy atom. The van der Waals surface area contributed by atoms with Gasteiger partial charge in [0.25, 0.3) is 5.69 Å². The minimum Gasteiger partial charge on any atom is -0.496 e. The Labute approximate surface area is 115 Å². The van der Waals surface area contributed by atoms with Gasteiger partial charge in [-0.2, -0.15) is 0 Å². The summed E-state index contributed by atoms with van der Waals surface area (Å²) >= 11 is 0. The van der Waals surface area contributed by atoms with Crippen molar-refractivity contribution in [1.29, 1.82) is 0 Å². The molecule has 0 aliphatic heterocycles. The van der Waals surface area contributed by atoms with Crippen LogP contribution in [0.3, 0.4) is 0 Å². The number of aliphatic carboxylic acids is 1. The molecule has 1 aromatic rings. The first-order chi connectivity index (χ1) is 9.47. The highest BCUT2D eigenvalue weighted by Crippen LogP contribution is 2.35. The molecule has 0 aromatic heterocycles. The van der Waals surface area contributed by atoms with Crippen LogP contribution in [-0.4, -0.2) is 28.6 Å². The van der Waals surface area contributed by atoms with E-state index in [0.717, 1.165) is 12.8 Å². The number of anilines is 1. The monoisotopic (exact) mass is 280 g/mol. The standard InChI is InChI=1S/C13H16N2O5/c1-20-11-7-9(6-10(8-11)15(18)19)14-13(12(16)17)4-2-3-5-13/h6-8,14H,2-5H2,1H3,(H,16,17). The molecule has 7 heteroatoms. The van der Waals surface area contributed by atoms with Crippen LogP contribution in [0.5, 0.6) is 5.75 Å². The number of rotatable bonds is 5. The third kappa shape index (κ3) is 2.66. The smallest absolute Gasteiger partial charge is 0.329 e. The average Bonchev–Trinajstić information content (AvgIpc) is 2.88. The van der Waals surface area contributed by atoms with Crippen molar-refractivity contribution in [2.24, 2.45) is 0 Å². The molecular formula is C13H16N2O5. The van der Waals surface area contributed by atoms with Crippen LogP contribution < -0.4 is 10.1 Å². The summed E-state index contributed by atoms with van der Waals surface area (Å²) in [5.74, 6) is -0.610. The average molecular weight is 280 g/mol. The fraction of sp³-hybridized carbons (Fsp3) is 0.462. The molecule has 0 radical (unpaired) electrons. The predicted molar refractivity (Wildman–Crippen MR) is 72.1 cm³/mol. The van der Waals surface area contributed by atoms with Crippen LogP contribution in [0, 0.1) is 10.1 Å². The second-order valence-corrected chi connectivity index (χ2v) is 4.90. The summed E-state index contributed by atoms with van der Waals surface area (Å²) in [7, 11) is 1.41. The lowest BCUT2D eigenvalue weighted by atomic mass is 9.97. The number of nitrogens with zero attached hydrogens (tertiary/aromatic N) is 1. The molecule has 0 amide bonds. The highest BCUT2D eigenvalue weighted by atomic mass is 16.6. The van der Waals surface area contributed by atoms with Gasteiger partial charge in [-0.05, 0) is 12.8 Å². The van der Waals surface area contributed by atoms with E-state index in [1.807, 2.05) is 0 Å². The number of methoxy groups -OCH3 is 1. The third-order valence-corrected chi connectivity index (χ3v) is 3.59. The van der Waals surface area contributed by atoms with Gasteiger partial charge in [0.05, 0.1) is 18.1 Å². The number of nitro groups is 1. The van der Waals surface area contributed by atoms with E-state index in [2.05, 4.69) is 5.32 Å². The van der Waals surface area contributed by atoms with Crippen molar-refractivity contribution in [3.8, 4) is 5.75 Å². The topological polar surface area (TPSA) is 102 Å². The lowest BCUT2D eigenvalue weighted by molar-refractivity contribution is -0.384. The fourth-order valence-electron chi connectivity index (χ4n) is 2.53. The normalized spacial score (nSPS) is 16.6. The van der Waals surface area contributed by atoms with Crippen LogP contribution in [0.25, 0.3) is 0 Å². The number of hydrogen-bond donors (Lipinski definition) is 2. The van der Waals surface area contributed by atoms with E-state index in [9.17, 15) is 20.0 Å². The molecule has 108 valence electrons. The van der Waals surface area contributed by atoms with E-state index in [-0.39, 0.29) is 5.69 Å². The molecule has 1 aliphatic rings. The predicted octanol–water partition coefficient (Wildman–Crippen LogP) is 2.41. The minimum atomic E-state index is -1.04. The van der Waals surface area contributed by atoms with Gasteiger partial charge in [0.1, 0.15) is 11.3 Å². The van der Waals surface area contributed by atoms with Crippen molar-refractivity contribution < 1.29 is 19.6 Å². The Bertz CT molecular complexity index is 538. The zero-order valence-electron chi connectivity index (χ0n) is 11.1. The Morgan fingerprint density at radius 2 is 2.05 bits per heavy atom. The van der Waals surface area contributed by atoms with E-state index in [1.165, 1.54) is 19.2 Å². The number of nitrogens with one attached hydrogen (secondary N) is 1. The lowest BCUT2D eigenvalue weighted by Gasteiger charge is -2.26. The molecule has 0 saturated heterocycles. The van der Waals surface area contributed by atoms with Gasteiger partial charge >= 0.3 is 5.97 Å². The van der Waals surface area contributed by atoms with Gasteiger partial charge in [0.15, 0.2) is 0 Å². The molecule has 0 spiro atoms. The molecule has 1 aliphatic carbocycles. The zero-order valence-corrected chi connectivity index (χ0v) is 11.1. The van der Waals surface area contributed by atoms with Gasteiger partial charge in [-0.25, -0.2) is 4.79 Å². The van der Waals surface area contributed by atoms with Crippen molar-refractivity contribution in [3.63, 3.8) is 0 Å². The number of hydrogen-bond acceptors (Lipinski definition) is 5. The van der Waals surface area contributed by atoms with Crippen molar-refractivity contribution in [2.45, 2.75) is 31.2 Å². The summed E-state index contributed by atoms with van der Waals surface area (Å²) in [6, 6.07) is 4.19. The largest absolute Gasteiger partial charge is 0.496 e. The van der Waals surface area contributed by atoms with Crippen LogP contribution in [-0.2, 0) is 4.79 Å². The van der Waals surface area contributed by atoms with E-state index >= 15 is 0 Å². The maximum Gasteiger partial charge on any atom is 0.329 e. The number of carboxylic acids is 1. The van der Waals surface area contributed by atoms with Crippen molar-refractivity contribution in [2.75, 3.05) is 12.4 Å². The number of benzene rings is 1. The third-order valence-electron chi connectivity index (χ3n) is 3.59. The summed E-state index contributed by atoms with van der Waals surface area (Å²) in [6.07, 6.45) is 2.66. The van der Waals surface area contributed by atoms with Crippen LogP contribution in [0.2, 0.25) is 0 Å². The SMILES string of the molecule is COc1cc(NC2(C(=O)O)CCCC2)cc([N+](=O)[O-])c1. The van der Waals surface area contributed by atoms with Crippen molar-refractivity contribution in [1.82, 2.24) is 0 Å². The first-order valence-electron chi connectivity index (χ1n) is 6.32. The minimum absolute atomic E-state index is 0.134. The molecule has 0 unspecified atom stereocenters. The summed E-state index contributed by atoms with van der Waals surface area (Å²) < 4.78 is 5.01. The first-order valence-corrected chi connectivity index (χ1v) is 6.32. The van der Waals surface area contributed by atoms with E-state index in [0.29, 0.717) is 24.3 Å². The maximum absolute atomic E-state index is 11.5. The second kappa shape index (κ2) is 5.36. The number of carbonyl (C=O) groups is 1. The summed E-state index contributed by atoms with van der Waals surface area (Å²) in [6.45, 7) is 0. The molecular weight excluding hydrogens is 264 g/mol. The summed E-state index contributed by atoms with van der Waals surface area (Å²) in [5, 5.41) is 23.2. The van der Waals surface area contributed by atoms with Gasteiger partial charge in [-0.1, -0.05) is 12.8 Å². The van der Waals surface area contributed by atoms with Crippen molar-refractivity contribution in [3.05, 3.63) is 28.3 Å². The van der Waals surface area contributed by atoms with Crippen LogP contribution >= 0.6 is 0 Å². The number of nitro benzene ring substituents is 1. The molecule has 7 nitrogen and oxygen atoms in total. The van der Waals surface area contributed by atoms with Gasteiger partial charge < -0.3 is 15.2 Å². The van der Waals surface area contributed by atoms with Crippen LogP contribution in [0.4, 0.5) is 11.4 Å². The Balaban J connectivity index is 2.34. The summed E-state index contributed by atoms with van der Waals surface area (Å²) in [5.41, 5.74) is -0.786. The fourth-order valence-corrected chi connectivity index (χ4v) is 2.53. The first kappa shape index (κ1) is 14.1. The second-order valence-electron chi connectivity index (χ2n) is 4.90. The molecule has 2 rings (SSSR count). The number of non-ortho nitro benzene ring substituents is 1. The van der Waals surface area contributed by atoms with E-state index in [4.69, 9.17) is 4.74 Å².